The Morgan fingerprint density at radius 1 is 0.806 bits per heavy atom. The van der Waals surface area contributed by atoms with E-state index in [-0.39, 0.29) is 6.61 Å². The van der Waals surface area contributed by atoms with Gasteiger partial charge in [0.15, 0.2) is 12.2 Å². The molecule has 1 fully saturated rings. The molecule has 0 amide bonds. The molecule has 0 spiro atoms. The van der Waals surface area contributed by atoms with Crippen LogP contribution in [-0.4, -0.2) is 61.2 Å². The lowest BCUT2D eigenvalue weighted by atomic mass is 9.98. The Morgan fingerprint density at radius 2 is 1.32 bits per heavy atom. The highest BCUT2D eigenvalue weighted by Gasteiger charge is 2.53. The predicted octanol–water partition coefficient (Wildman–Crippen LogP) is 0.731. The van der Waals surface area contributed by atoms with Crippen LogP contribution >= 0.6 is 0 Å². The molecule has 0 unspecified atom stereocenters. The van der Waals surface area contributed by atoms with E-state index < -0.39 is 54.6 Å². The van der Waals surface area contributed by atoms with E-state index in [0.29, 0.717) is 11.4 Å². The van der Waals surface area contributed by atoms with Crippen LogP contribution in [-0.2, 0) is 42.9 Å². The highest BCUT2D eigenvalue weighted by Crippen LogP contribution is 2.31. The molecule has 1 saturated heterocycles. The zero-order chi connectivity index (χ0) is 23.1. The molecule has 0 bridgehead atoms. The highest BCUT2D eigenvalue weighted by atomic mass is 16.7. The van der Waals surface area contributed by atoms with E-state index in [1.807, 2.05) is 0 Å². The molecule has 11 heteroatoms. The number of ether oxygens (including phenoxy) is 6. The molecule has 11 nitrogen and oxygen atoms in total. The van der Waals surface area contributed by atoms with Crippen molar-refractivity contribution in [2.45, 2.75) is 58.4 Å². The molecular weight excluding hydrogens is 414 g/mol. The van der Waals surface area contributed by atoms with Crippen molar-refractivity contribution in [1.82, 2.24) is 0 Å². The minimum atomic E-state index is -1.29. The number of carbonyl (C=O) groups is 4. The van der Waals surface area contributed by atoms with E-state index in [1.165, 1.54) is 6.92 Å². The lowest BCUT2D eigenvalue weighted by Gasteiger charge is -2.43. The fourth-order valence-electron chi connectivity index (χ4n) is 2.96. The van der Waals surface area contributed by atoms with Gasteiger partial charge in [-0.05, 0) is 24.3 Å². The van der Waals surface area contributed by atoms with Gasteiger partial charge in [0.2, 0.25) is 12.4 Å². The van der Waals surface area contributed by atoms with Crippen molar-refractivity contribution in [3.8, 4) is 5.75 Å². The number of hydrogen-bond donors (Lipinski definition) is 1. The first-order valence-electron chi connectivity index (χ1n) is 9.39. The average molecular weight is 439 g/mol. The number of anilines is 1. The third-order valence-electron chi connectivity index (χ3n) is 4.08. The van der Waals surface area contributed by atoms with Crippen molar-refractivity contribution >= 4 is 29.6 Å². The number of esters is 4. The first-order chi connectivity index (χ1) is 14.6. The van der Waals surface area contributed by atoms with E-state index in [9.17, 15) is 19.2 Å². The van der Waals surface area contributed by atoms with Gasteiger partial charge >= 0.3 is 23.9 Å². The topological polar surface area (TPSA) is 150 Å². The molecule has 0 aromatic heterocycles. The summed E-state index contributed by atoms with van der Waals surface area (Å²) in [4.78, 5) is 46.5. The van der Waals surface area contributed by atoms with Crippen molar-refractivity contribution in [1.29, 1.82) is 0 Å². The molecule has 0 aliphatic carbocycles. The molecule has 1 heterocycles. The van der Waals surface area contributed by atoms with Crippen LogP contribution in [0.15, 0.2) is 24.3 Å². The van der Waals surface area contributed by atoms with Gasteiger partial charge in [-0.1, -0.05) is 0 Å². The summed E-state index contributed by atoms with van der Waals surface area (Å²) in [5.74, 6) is -2.43. The number of hydrogen-bond acceptors (Lipinski definition) is 11. The standard InChI is InChI=1S/C20H25NO10/c1-10(22)26-9-16-17(27-11(2)23)18(28-12(3)24)19(29-13(4)25)20(31-16)30-15-7-5-14(21)6-8-15/h5-8,16-20H,9,21H2,1-4H3/t16-,17-,18+,19-,20-/m0/s1. The van der Waals surface area contributed by atoms with E-state index >= 15 is 0 Å². The molecule has 31 heavy (non-hydrogen) atoms. The predicted molar refractivity (Wildman–Crippen MR) is 103 cm³/mol. The van der Waals surface area contributed by atoms with Crippen LogP contribution in [0.3, 0.4) is 0 Å². The molecule has 1 aromatic rings. The molecule has 1 aliphatic heterocycles. The van der Waals surface area contributed by atoms with Crippen LogP contribution < -0.4 is 10.5 Å². The van der Waals surface area contributed by atoms with Crippen molar-refractivity contribution in [3.63, 3.8) is 0 Å². The summed E-state index contributed by atoms with van der Waals surface area (Å²) < 4.78 is 32.6. The maximum atomic E-state index is 11.8. The Kier molecular flexibility index (Phi) is 8.20. The number of nitrogens with two attached hydrogens (primary N) is 1. The summed E-state index contributed by atoms with van der Waals surface area (Å²) >= 11 is 0. The molecule has 5 atom stereocenters. The molecule has 170 valence electrons. The Hall–Kier alpha value is -3.34. The van der Waals surface area contributed by atoms with E-state index in [4.69, 9.17) is 34.2 Å². The molecule has 1 aromatic carbocycles. The van der Waals surface area contributed by atoms with Gasteiger partial charge in [-0.25, -0.2) is 0 Å². The second-order valence-electron chi connectivity index (χ2n) is 6.75. The maximum Gasteiger partial charge on any atom is 0.303 e. The van der Waals surface area contributed by atoms with E-state index in [2.05, 4.69) is 0 Å². The summed E-state index contributed by atoms with van der Waals surface area (Å²) in [6, 6.07) is 6.29. The van der Waals surface area contributed by atoms with Crippen molar-refractivity contribution in [2.75, 3.05) is 12.3 Å². The maximum absolute atomic E-state index is 11.8. The lowest BCUT2D eigenvalue weighted by Crippen LogP contribution is -2.63. The summed E-state index contributed by atoms with van der Waals surface area (Å²) in [5, 5.41) is 0. The van der Waals surface area contributed by atoms with Gasteiger partial charge in [0.1, 0.15) is 18.5 Å². The van der Waals surface area contributed by atoms with Gasteiger partial charge in [0, 0.05) is 33.4 Å². The molecule has 0 radical (unpaired) electrons. The Bertz CT molecular complexity index is 809. The molecule has 1 aliphatic rings. The fourth-order valence-corrected chi connectivity index (χ4v) is 2.96. The third-order valence-corrected chi connectivity index (χ3v) is 4.08. The zero-order valence-corrected chi connectivity index (χ0v) is 17.6. The number of carbonyl (C=O) groups excluding carboxylic acids is 4. The lowest BCUT2D eigenvalue weighted by molar-refractivity contribution is -0.288. The van der Waals surface area contributed by atoms with Gasteiger partial charge in [-0.15, -0.1) is 0 Å². The van der Waals surface area contributed by atoms with Gasteiger partial charge < -0.3 is 34.2 Å². The first kappa shape index (κ1) is 23.9. The van der Waals surface area contributed by atoms with Crippen LogP contribution in [0.4, 0.5) is 5.69 Å². The van der Waals surface area contributed by atoms with Gasteiger partial charge in [-0.2, -0.15) is 0 Å². The Labute approximate surface area is 178 Å². The summed E-state index contributed by atoms with van der Waals surface area (Å²) in [6.45, 7) is 4.29. The smallest absolute Gasteiger partial charge is 0.303 e. The fraction of sp³-hybridized carbons (Fsp3) is 0.500. The number of benzene rings is 1. The van der Waals surface area contributed by atoms with Crippen molar-refractivity contribution in [3.05, 3.63) is 24.3 Å². The minimum absolute atomic E-state index is 0.315. The van der Waals surface area contributed by atoms with Gasteiger partial charge in [-0.3, -0.25) is 19.2 Å². The van der Waals surface area contributed by atoms with Crippen LogP contribution in [0.2, 0.25) is 0 Å². The minimum Gasteiger partial charge on any atom is -0.463 e. The highest BCUT2D eigenvalue weighted by molar-refractivity contribution is 5.68. The van der Waals surface area contributed by atoms with Crippen molar-refractivity contribution in [2.24, 2.45) is 0 Å². The number of rotatable bonds is 7. The van der Waals surface area contributed by atoms with Crippen LogP contribution in [0.25, 0.3) is 0 Å². The largest absolute Gasteiger partial charge is 0.463 e. The van der Waals surface area contributed by atoms with Crippen LogP contribution in [0, 0.1) is 0 Å². The van der Waals surface area contributed by atoms with Crippen molar-refractivity contribution < 1.29 is 47.6 Å². The molecule has 2 N–H and O–H groups in total. The summed E-state index contributed by atoms with van der Waals surface area (Å²) in [5.41, 5.74) is 6.17. The Balaban J connectivity index is 2.43. The molecular formula is C20H25NO10. The van der Waals surface area contributed by atoms with Gasteiger partial charge in [0.25, 0.3) is 0 Å². The van der Waals surface area contributed by atoms with E-state index in [0.717, 1.165) is 20.8 Å². The second-order valence-corrected chi connectivity index (χ2v) is 6.75. The Morgan fingerprint density at radius 3 is 1.84 bits per heavy atom. The zero-order valence-electron chi connectivity index (χ0n) is 17.6. The first-order valence-corrected chi connectivity index (χ1v) is 9.39. The normalized spacial score (nSPS) is 25.1. The van der Waals surface area contributed by atoms with Crippen LogP contribution in [0.1, 0.15) is 27.7 Å². The third kappa shape index (κ3) is 7.14. The van der Waals surface area contributed by atoms with E-state index in [1.54, 1.807) is 24.3 Å². The molecule has 0 saturated carbocycles. The quantitative estimate of drug-likeness (QED) is 0.364. The second kappa shape index (κ2) is 10.6. The molecule has 2 rings (SSSR count). The number of nitrogen functional groups attached to an aromatic ring is 1. The monoisotopic (exact) mass is 439 g/mol. The van der Waals surface area contributed by atoms with Gasteiger partial charge in [0.05, 0.1) is 0 Å². The SMILES string of the molecule is CC(=O)OC[C@@H]1O[C@H](Oc2ccc(N)cc2)[C@@H](OC(C)=O)[C@H](OC(C)=O)[C@H]1OC(C)=O. The summed E-state index contributed by atoms with van der Waals surface area (Å²) in [6.07, 6.45) is -6.20. The summed E-state index contributed by atoms with van der Waals surface area (Å²) in [7, 11) is 0. The average Bonchev–Trinajstić information content (AvgIpc) is 2.65. The van der Waals surface area contributed by atoms with Crippen LogP contribution in [0.5, 0.6) is 5.75 Å².